The number of hydrogen-bond acceptors (Lipinski definition) is 4. The lowest BCUT2D eigenvalue weighted by molar-refractivity contribution is -0.115. The summed E-state index contributed by atoms with van der Waals surface area (Å²) in [5.41, 5.74) is 6.98. The summed E-state index contributed by atoms with van der Waals surface area (Å²) in [4.78, 5) is 24.5. The van der Waals surface area contributed by atoms with Crippen molar-refractivity contribution < 1.29 is 18.7 Å². The van der Waals surface area contributed by atoms with Gasteiger partial charge in [0, 0.05) is 12.1 Å². The van der Waals surface area contributed by atoms with Crippen LogP contribution in [0.5, 0.6) is 0 Å². The Hall–Kier alpha value is -2.15. The fourth-order valence-electron chi connectivity index (χ4n) is 2.54. The Morgan fingerprint density at radius 1 is 1.55 bits per heavy atom. The van der Waals surface area contributed by atoms with Crippen LogP contribution in [0.1, 0.15) is 11.1 Å². The number of nitrogens with two attached hydrogens (primary N) is 1. The average molecular weight is 279 g/mol. The fourth-order valence-corrected chi connectivity index (χ4v) is 2.54. The SMILES string of the molecule is Cc1c(N2C[C@@H](CN)OC2=O)cc2c(c1F)NC(=O)C2. The number of fused-ring (bicyclic) bond motifs is 1. The van der Waals surface area contributed by atoms with E-state index in [0.29, 0.717) is 16.8 Å². The van der Waals surface area contributed by atoms with Gasteiger partial charge in [0.25, 0.3) is 0 Å². The average Bonchev–Trinajstić information content (AvgIpc) is 2.96. The number of cyclic esters (lactones) is 1. The summed E-state index contributed by atoms with van der Waals surface area (Å²) in [6, 6.07) is 1.66. The quantitative estimate of drug-likeness (QED) is 0.842. The Balaban J connectivity index is 2.03. The molecule has 0 aromatic heterocycles. The van der Waals surface area contributed by atoms with E-state index in [9.17, 15) is 14.0 Å². The summed E-state index contributed by atoms with van der Waals surface area (Å²) in [5, 5.41) is 2.49. The van der Waals surface area contributed by atoms with E-state index in [2.05, 4.69) is 5.32 Å². The van der Waals surface area contributed by atoms with Gasteiger partial charge in [0.2, 0.25) is 5.91 Å². The third kappa shape index (κ3) is 1.82. The van der Waals surface area contributed by atoms with E-state index in [0.717, 1.165) is 0 Å². The van der Waals surface area contributed by atoms with Crippen molar-refractivity contribution in [3.8, 4) is 0 Å². The molecule has 0 radical (unpaired) electrons. The van der Waals surface area contributed by atoms with Crippen LogP contribution < -0.4 is 16.0 Å². The first-order chi connectivity index (χ1) is 9.51. The molecule has 3 rings (SSSR count). The molecule has 0 saturated carbocycles. The fraction of sp³-hybridized carbons (Fsp3) is 0.385. The van der Waals surface area contributed by atoms with Crippen LogP contribution in [0.2, 0.25) is 0 Å². The normalized spacial score (nSPS) is 20.9. The molecule has 1 saturated heterocycles. The van der Waals surface area contributed by atoms with E-state index in [-0.39, 0.29) is 31.1 Å². The molecule has 1 atom stereocenters. The number of nitrogens with zero attached hydrogens (tertiary/aromatic N) is 1. The number of carbonyl (C=O) groups excluding carboxylic acids is 2. The minimum Gasteiger partial charge on any atom is -0.443 e. The third-order valence-corrected chi connectivity index (χ3v) is 3.61. The first-order valence-corrected chi connectivity index (χ1v) is 6.31. The van der Waals surface area contributed by atoms with Crippen molar-refractivity contribution >= 4 is 23.4 Å². The minimum atomic E-state index is -0.541. The molecule has 6 nitrogen and oxygen atoms in total. The number of benzene rings is 1. The molecule has 1 fully saturated rings. The third-order valence-electron chi connectivity index (χ3n) is 3.61. The van der Waals surface area contributed by atoms with Crippen LogP contribution in [0.25, 0.3) is 0 Å². The van der Waals surface area contributed by atoms with E-state index in [1.165, 1.54) is 4.90 Å². The molecule has 0 spiro atoms. The van der Waals surface area contributed by atoms with Crippen molar-refractivity contribution in [1.82, 2.24) is 0 Å². The van der Waals surface area contributed by atoms with Crippen molar-refractivity contribution in [3.05, 3.63) is 23.0 Å². The van der Waals surface area contributed by atoms with Gasteiger partial charge in [-0.05, 0) is 18.6 Å². The van der Waals surface area contributed by atoms with Crippen LogP contribution in [0.15, 0.2) is 6.07 Å². The first-order valence-electron chi connectivity index (χ1n) is 6.31. The molecule has 2 amide bonds. The van der Waals surface area contributed by atoms with Crippen LogP contribution in [-0.4, -0.2) is 31.2 Å². The number of amides is 2. The van der Waals surface area contributed by atoms with Crippen molar-refractivity contribution in [1.29, 1.82) is 0 Å². The number of ether oxygens (including phenoxy) is 1. The number of anilines is 2. The maximum Gasteiger partial charge on any atom is 0.414 e. The van der Waals surface area contributed by atoms with Crippen molar-refractivity contribution in [3.63, 3.8) is 0 Å². The topological polar surface area (TPSA) is 84.7 Å². The van der Waals surface area contributed by atoms with E-state index >= 15 is 0 Å². The molecule has 7 heteroatoms. The highest BCUT2D eigenvalue weighted by Crippen LogP contribution is 2.36. The summed E-state index contributed by atoms with van der Waals surface area (Å²) < 4.78 is 19.3. The zero-order valence-electron chi connectivity index (χ0n) is 10.9. The molecule has 3 N–H and O–H groups in total. The maximum absolute atomic E-state index is 14.3. The predicted molar refractivity (Wildman–Crippen MR) is 70.1 cm³/mol. The summed E-state index contributed by atoms with van der Waals surface area (Å²) in [6.07, 6.45) is -0.818. The zero-order valence-corrected chi connectivity index (χ0v) is 10.9. The number of halogens is 1. The molecule has 0 aliphatic carbocycles. The van der Waals surface area contributed by atoms with Gasteiger partial charge < -0.3 is 15.8 Å². The van der Waals surface area contributed by atoms with Crippen LogP contribution >= 0.6 is 0 Å². The molecule has 2 aliphatic heterocycles. The molecule has 0 unspecified atom stereocenters. The van der Waals surface area contributed by atoms with E-state index < -0.39 is 18.0 Å². The van der Waals surface area contributed by atoms with Gasteiger partial charge in [0.05, 0.1) is 24.3 Å². The van der Waals surface area contributed by atoms with E-state index in [1.54, 1.807) is 13.0 Å². The van der Waals surface area contributed by atoms with Crippen LogP contribution in [-0.2, 0) is 16.0 Å². The molecule has 2 aliphatic rings. The second-order valence-electron chi connectivity index (χ2n) is 4.95. The molecule has 20 heavy (non-hydrogen) atoms. The molecule has 1 aromatic carbocycles. The van der Waals surface area contributed by atoms with E-state index in [1.807, 2.05) is 0 Å². The van der Waals surface area contributed by atoms with Gasteiger partial charge in [-0.2, -0.15) is 0 Å². The van der Waals surface area contributed by atoms with E-state index in [4.69, 9.17) is 10.5 Å². The van der Waals surface area contributed by atoms with Gasteiger partial charge in [0.15, 0.2) is 5.82 Å². The Labute approximate surface area is 114 Å². The second kappa shape index (κ2) is 4.45. The number of carbonyl (C=O) groups is 2. The summed E-state index contributed by atoms with van der Waals surface area (Å²) in [5.74, 6) is -0.758. The van der Waals surface area contributed by atoms with Gasteiger partial charge >= 0.3 is 6.09 Å². The highest BCUT2D eigenvalue weighted by molar-refractivity contribution is 6.01. The highest BCUT2D eigenvalue weighted by atomic mass is 19.1. The monoisotopic (exact) mass is 279 g/mol. The van der Waals surface area contributed by atoms with Crippen LogP contribution in [0.4, 0.5) is 20.6 Å². The van der Waals surface area contributed by atoms with Gasteiger partial charge in [-0.1, -0.05) is 0 Å². The standard InChI is InChI=1S/C13H14FN3O3/c1-6-9(17-5-8(4-15)20-13(17)19)2-7-3-10(18)16-12(7)11(6)14/h2,8H,3-5,15H2,1H3,(H,16,18)/t8-/m1/s1. The summed E-state index contributed by atoms with van der Waals surface area (Å²) in [6.45, 7) is 2.07. The summed E-state index contributed by atoms with van der Waals surface area (Å²) >= 11 is 0. The minimum absolute atomic E-state index is 0.114. The van der Waals surface area contributed by atoms with Crippen LogP contribution in [0, 0.1) is 12.7 Å². The Morgan fingerprint density at radius 3 is 2.95 bits per heavy atom. The second-order valence-corrected chi connectivity index (χ2v) is 4.95. The zero-order chi connectivity index (χ0) is 14.4. The van der Waals surface area contributed by atoms with Gasteiger partial charge in [-0.3, -0.25) is 9.69 Å². The molecule has 106 valence electrons. The molecule has 1 aromatic rings. The molecule has 2 heterocycles. The highest BCUT2D eigenvalue weighted by Gasteiger charge is 2.34. The Bertz CT molecular complexity index is 617. The van der Waals surface area contributed by atoms with Crippen molar-refractivity contribution in [2.24, 2.45) is 5.73 Å². The lowest BCUT2D eigenvalue weighted by Gasteiger charge is -2.18. The predicted octanol–water partition coefficient (Wildman–Crippen LogP) is 0.913. The molecular formula is C13H14FN3O3. The van der Waals surface area contributed by atoms with Crippen LogP contribution in [0.3, 0.4) is 0 Å². The summed E-state index contributed by atoms with van der Waals surface area (Å²) in [7, 11) is 0. The lowest BCUT2D eigenvalue weighted by Crippen LogP contribution is -2.28. The smallest absolute Gasteiger partial charge is 0.414 e. The van der Waals surface area contributed by atoms with Gasteiger partial charge in [-0.25, -0.2) is 9.18 Å². The number of hydrogen-bond donors (Lipinski definition) is 2. The first kappa shape index (κ1) is 12.9. The number of rotatable bonds is 2. The Kier molecular flexibility index (Phi) is 2.86. The maximum atomic E-state index is 14.3. The van der Waals surface area contributed by atoms with Crippen molar-refractivity contribution in [2.75, 3.05) is 23.3 Å². The number of nitrogens with one attached hydrogen (secondary N) is 1. The lowest BCUT2D eigenvalue weighted by atomic mass is 10.1. The largest absolute Gasteiger partial charge is 0.443 e. The van der Waals surface area contributed by atoms with Gasteiger partial charge in [0.1, 0.15) is 6.10 Å². The molecular weight excluding hydrogens is 265 g/mol. The van der Waals surface area contributed by atoms with Crippen molar-refractivity contribution in [2.45, 2.75) is 19.4 Å². The van der Waals surface area contributed by atoms with Gasteiger partial charge in [-0.15, -0.1) is 0 Å². The molecule has 0 bridgehead atoms. The Morgan fingerprint density at radius 2 is 2.30 bits per heavy atom.